The van der Waals surface area contributed by atoms with Crippen molar-refractivity contribution in [2.24, 2.45) is 0 Å². The Morgan fingerprint density at radius 1 is 1.47 bits per heavy atom. The van der Waals surface area contributed by atoms with Crippen molar-refractivity contribution in [1.29, 1.82) is 0 Å². The third-order valence-electron chi connectivity index (χ3n) is 3.52. The maximum absolute atomic E-state index is 12.5. The summed E-state index contributed by atoms with van der Waals surface area (Å²) in [5.74, 6) is 0.121. The molecule has 3 rings (SSSR count). The maximum Gasteiger partial charge on any atom is 0.263 e. The lowest BCUT2D eigenvalue weighted by molar-refractivity contribution is -0.132. The lowest BCUT2D eigenvalue weighted by atomic mass is 10.1. The Labute approximate surface area is 118 Å². The molecular weight excluding hydrogens is 282 g/mol. The Kier molecular flexibility index (Phi) is 3.02. The van der Waals surface area contributed by atoms with Gasteiger partial charge in [-0.05, 0) is 30.1 Å². The average Bonchev–Trinajstić information content (AvgIpc) is 2.82. The SMILES string of the molecule is CN1CC(n2c(=S)[nH]c3sccc3c2=O)CCC1=O. The van der Waals surface area contributed by atoms with Crippen LogP contribution >= 0.6 is 23.6 Å². The number of rotatable bonds is 1. The second-order valence-electron chi connectivity index (χ2n) is 4.74. The highest BCUT2D eigenvalue weighted by molar-refractivity contribution is 7.71. The van der Waals surface area contributed by atoms with E-state index in [1.165, 1.54) is 11.3 Å². The van der Waals surface area contributed by atoms with E-state index in [9.17, 15) is 9.59 Å². The molecule has 19 heavy (non-hydrogen) atoms. The molecule has 1 atom stereocenters. The van der Waals surface area contributed by atoms with Crippen molar-refractivity contribution in [2.75, 3.05) is 13.6 Å². The number of aromatic amines is 1. The van der Waals surface area contributed by atoms with Crippen LogP contribution in [0.1, 0.15) is 18.9 Å². The number of nitrogens with one attached hydrogen (secondary N) is 1. The number of nitrogens with zero attached hydrogens (tertiary/aromatic N) is 2. The molecule has 2 aromatic rings. The molecule has 0 radical (unpaired) electrons. The molecule has 0 saturated carbocycles. The highest BCUT2D eigenvalue weighted by Gasteiger charge is 2.26. The predicted octanol–water partition coefficient (Wildman–Crippen LogP) is 1.91. The van der Waals surface area contributed by atoms with Gasteiger partial charge in [0.15, 0.2) is 4.77 Å². The van der Waals surface area contributed by atoms with E-state index in [2.05, 4.69) is 4.98 Å². The normalized spacial score (nSPS) is 20.2. The number of hydrogen-bond donors (Lipinski definition) is 1. The summed E-state index contributed by atoms with van der Waals surface area (Å²) < 4.78 is 2.06. The van der Waals surface area contributed by atoms with Gasteiger partial charge in [-0.25, -0.2) is 0 Å². The topological polar surface area (TPSA) is 58.1 Å². The van der Waals surface area contributed by atoms with Gasteiger partial charge in [0.05, 0.1) is 11.4 Å². The summed E-state index contributed by atoms with van der Waals surface area (Å²) in [6.07, 6.45) is 1.13. The summed E-state index contributed by atoms with van der Waals surface area (Å²) in [6, 6.07) is 1.77. The lowest BCUT2D eigenvalue weighted by Crippen LogP contribution is -2.41. The molecule has 1 amide bonds. The van der Waals surface area contributed by atoms with Gasteiger partial charge < -0.3 is 9.88 Å². The molecule has 0 aliphatic carbocycles. The van der Waals surface area contributed by atoms with E-state index in [1.807, 2.05) is 11.4 Å². The number of amides is 1. The summed E-state index contributed by atoms with van der Waals surface area (Å²) in [5.41, 5.74) is -0.0623. The summed E-state index contributed by atoms with van der Waals surface area (Å²) in [6.45, 7) is 0.534. The van der Waals surface area contributed by atoms with Crippen LogP contribution in [0.5, 0.6) is 0 Å². The molecule has 3 heterocycles. The van der Waals surface area contributed by atoms with Gasteiger partial charge in [0.1, 0.15) is 4.83 Å². The molecule has 1 aliphatic heterocycles. The minimum Gasteiger partial charge on any atom is -0.344 e. The van der Waals surface area contributed by atoms with Crippen molar-refractivity contribution in [3.63, 3.8) is 0 Å². The Bertz CT molecular complexity index is 758. The number of fused-ring (bicyclic) bond motifs is 1. The average molecular weight is 295 g/mol. The lowest BCUT2D eigenvalue weighted by Gasteiger charge is -2.30. The van der Waals surface area contributed by atoms with E-state index < -0.39 is 0 Å². The largest absolute Gasteiger partial charge is 0.344 e. The van der Waals surface area contributed by atoms with Gasteiger partial charge in [0.2, 0.25) is 5.91 Å². The highest BCUT2D eigenvalue weighted by atomic mass is 32.1. The van der Waals surface area contributed by atoms with Gasteiger partial charge in [-0.3, -0.25) is 14.2 Å². The van der Waals surface area contributed by atoms with Gasteiger partial charge in [-0.2, -0.15) is 0 Å². The van der Waals surface area contributed by atoms with Crippen LogP contribution in [-0.4, -0.2) is 34.0 Å². The zero-order chi connectivity index (χ0) is 13.6. The Balaban J connectivity index is 2.12. The number of carbonyl (C=O) groups excluding carboxylic acids is 1. The minimum atomic E-state index is -0.0623. The third-order valence-corrected chi connectivity index (χ3v) is 4.65. The van der Waals surface area contributed by atoms with E-state index >= 15 is 0 Å². The van der Waals surface area contributed by atoms with E-state index in [0.29, 0.717) is 29.5 Å². The molecule has 0 spiro atoms. The summed E-state index contributed by atoms with van der Waals surface area (Å²) >= 11 is 6.76. The first-order valence-electron chi connectivity index (χ1n) is 6.04. The number of likely N-dealkylation sites (tertiary alicyclic amines) is 1. The summed E-state index contributed by atoms with van der Waals surface area (Å²) in [4.78, 5) is 29.6. The fraction of sp³-hybridized carbons (Fsp3) is 0.417. The fourth-order valence-electron chi connectivity index (χ4n) is 2.49. The molecule has 1 saturated heterocycles. The quantitative estimate of drug-likeness (QED) is 0.818. The predicted molar refractivity (Wildman–Crippen MR) is 77.2 cm³/mol. The zero-order valence-corrected chi connectivity index (χ0v) is 12.0. The second kappa shape index (κ2) is 4.57. The molecule has 1 aliphatic rings. The fourth-order valence-corrected chi connectivity index (χ4v) is 3.66. The zero-order valence-electron chi connectivity index (χ0n) is 10.4. The van der Waals surface area contributed by atoms with Gasteiger partial charge in [-0.15, -0.1) is 11.3 Å². The summed E-state index contributed by atoms with van der Waals surface area (Å²) in [7, 11) is 1.76. The van der Waals surface area contributed by atoms with Gasteiger partial charge in [0.25, 0.3) is 5.56 Å². The van der Waals surface area contributed by atoms with E-state index in [1.54, 1.807) is 16.5 Å². The van der Waals surface area contributed by atoms with Crippen LogP contribution in [0, 0.1) is 4.77 Å². The highest BCUT2D eigenvalue weighted by Crippen LogP contribution is 2.22. The van der Waals surface area contributed by atoms with Crippen molar-refractivity contribution in [2.45, 2.75) is 18.9 Å². The standard InChI is InChI=1S/C12H13N3O2S2/c1-14-6-7(2-3-9(14)16)15-11(17)8-4-5-19-10(8)13-12(15)18/h4-5,7H,2-3,6H2,1H3,(H,13,18). The first-order chi connectivity index (χ1) is 9.08. The number of carbonyl (C=O) groups is 1. The first-order valence-corrected chi connectivity index (χ1v) is 7.32. The van der Waals surface area contributed by atoms with Crippen LogP contribution in [0.3, 0.4) is 0 Å². The van der Waals surface area contributed by atoms with E-state index in [-0.39, 0.29) is 17.5 Å². The number of thiophene rings is 1. The van der Waals surface area contributed by atoms with Crippen LogP contribution < -0.4 is 5.56 Å². The molecule has 7 heteroatoms. The number of likely N-dealkylation sites (N-methyl/N-ethyl adjacent to an activating group) is 1. The van der Waals surface area contributed by atoms with Gasteiger partial charge >= 0.3 is 0 Å². The number of aromatic nitrogens is 2. The van der Waals surface area contributed by atoms with Crippen molar-refractivity contribution < 1.29 is 4.79 Å². The van der Waals surface area contributed by atoms with Gasteiger partial charge in [0, 0.05) is 20.0 Å². The van der Waals surface area contributed by atoms with Gasteiger partial charge in [-0.1, -0.05) is 0 Å². The van der Waals surface area contributed by atoms with E-state index in [0.717, 1.165) is 4.83 Å². The number of piperidine rings is 1. The number of hydrogen-bond acceptors (Lipinski definition) is 4. The Morgan fingerprint density at radius 3 is 3.00 bits per heavy atom. The molecule has 1 unspecified atom stereocenters. The van der Waals surface area contributed by atoms with Crippen molar-refractivity contribution >= 4 is 39.7 Å². The maximum atomic E-state index is 12.5. The Hall–Kier alpha value is -1.47. The molecule has 1 N–H and O–H groups in total. The van der Waals surface area contributed by atoms with Crippen LogP contribution in [0.15, 0.2) is 16.2 Å². The van der Waals surface area contributed by atoms with Crippen molar-refractivity contribution in [1.82, 2.24) is 14.5 Å². The molecular formula is C12H13N3O2S2. The smallest absolute Gasteiger partial charge is 0.263 e. The Morgan fingerprint density at radius 2 is 2.26 bits per heavy atom. The monoisotopic (exact) mass is 295 g/mol. The minimum absolute atomic E-state index is 0.0387. The second-order valence-corrected chi connectivity index (χ2v) is 6.04. The van der Waals surface area contributed by atoms with Crippen LogP contribution in [0.25, 0.3) is 10.2 Å². The molecule has 0 bridgehead atoms. The van der Waals surface area contributed by atoms with Crippen LogP contribution in [0.4, 0.5) is 0 Å². The molecule has 2 aromatic heterocycles. The first kappa shape index (κ1) is 12.6. The molecule has 1 fully saturated rings. The molecule has 5 nitrogen and oxygen atoms in total. The molecule has 100 valence electrons. The van der Waals surface area contributed by atoms with Crippen LogP contribution in [-0.2, 0) is 4.79 Å². The van der Waals surface area contributed by atoms with E-state index in [4.69, 9.17) is 12.2 Å². The molecule has 0 aromatic carbocycles. The third kappa shape index (κ3) is 2.02. The number of H-pyrrole nitrogens is 1. The summed E-state index contributed by atoms with van der Waals surface area (Å²) in [5, 5.41) is 2.54. The van der Waals surface area contributed by atoms with Crippen molar-refractivity contribution in [3.05, 3.63) is 26.6 Å². The van der Waals surface area contributed by atoms with Crippen molar-refractivity contribution in [3.8, 4) is 0 Å². The van der Waals surface area contributed by atoms with Crippen LogP contribution in [0.2, 0.25) is 0 Å².